The number of amides is 7. The molecule has 0 saturated heterocycles. The summed E-state index contributed by atoms with van der Waals surface area (Å²) in [6.45, 7) is 6.63. The van der Waals surface area contributed by atoms with Crippen molar-refractivity contribution in [2.24, 2.45) is 0 Å². The molecule has 0 heterocycles. The minimum Gasteiger partial charge on any atom is -0.481 e. The van der Waals surface area contributed by atoms with Crippen LogP contribution in [0.2, 0.25) is 0 Å². The zero-order valence-electron chi connectivity index (χ0n) is 32.6. The lowest BCUT2D eigenvalue weighted by Gasteiger charge is -2.31. The number of carboxylic acid groups (broad SMARTS) is 2. The van der Waals surface area contributed by atoms with Crippen molar-refractivity contribution in [1.29, 1.82) is 0 Å². The maximum absolute atomic E-state index is 13.6. The van der Waals surface area contributed by atoms with Crippen LogP contribution in [0.3, 0.4) is 0 Å². The molecule has 326 valence electrons. The average molecular weight is 966 g/mol. The number of hydrogen-bond donors (Lipinski definition) is 8. The van der Waals surface area contributed by atoms with Crippen molar-refractivity contribution in [2.45, 2.75) is 89.4 Å². The maximum atomic E-state index is 13.6. The third kappa shape index (κ3) is 26.9. The van der Waals surface area contributed by atoms with Crippen molar-refractivity contribution < 1.29 is 62.8 Å². The molecule has 0 aliphatic carbocycles. The zero-order valence-corrected chi connectivity index (χ0v) is 36.6. The summed E-state index contributed by atoms with van der Waals surface area (Å²) in [5.41, 5.74) is -1.90. The highest BCUT2D eigenvalue weighted by Crippen LogP contribution is 2.18. The molecule has 0 rings (SSSR count). The number of halogens is 3. The summed E-state index contributed by atoms with van der Waals surface area (Å²) in [6, 6.07) is -2.59. The van der Waals surface area contributed by atoms with Crippen molar-refractivity contribution in [3.8, 4) is 0 Å². The van der Waals surface area contributed by atoms with Crippen LogP contribution in [0.1, 0.15) is 66.2 Å². The summed E-state index contributed by atoms with van der Waals surface area (Å²) in [6.07, 6.45) is -1.03. The van der Waals surface area contributed by atoms with E-state index in [-0.39, 0.29) is 106 Å². The molecule has 57 heavy (non-hydrogen) atoms. The Labute approximate surface area is 353 Å². The number of carbonyl (C=O) groups is 9. The number of carboxylic acids is 2. The first-order valence-corrected chi connectivity index (χ1v) is 20.8. The third-order valence-electron chi connectivity index (χ3n) is 7.74. The van der Waals surface area contributed by atoms with E-state index in [1.165, 1.54) is 4.90 Å². The lowest BCUT2D eigenvalue weighted by Crippen LogP contribution is -2.53. The van der Waals surface area contributed by atoms with Crippen LogP contribution in [0.5, 0.6) is 0 Å². The van der Waals surface area contributed by atoms with Gasteiger partial charge in [0, 0.05) is 57.7 Å². The Morgan fingerprint density at radius 2 is 1.25 bits per heavy atom. The fraction of sp³-hybridized carbons (Fsp3) is 0.735. The van der Waals surface area contributed by atoms with E-state index in [4.69, 9.17) is 21.1 Å². The number of ether oxygens (including phenoxy) is 2. The van der Waals surface area contributed by atoms with Gasteiger partial charge in [0.05, 0.1) is 29.3 Å². The van der Waals surface area contributed by atoms with Gasteiger partial charge in [0.25, 0.3) is 0 Å². The lowest BCUT2D eigenvalue weighted by molar-refractivity contribution is -0.143. The number of carbonyl (C=O) groups excluding carboxylic acids is 7. The molecule has 8 N–H and O–H groups in total. The number of nitrogens with zero attached hydrogens (tertiary/aromatic N) is 1. The van der Waals surface area contributed by atoms with Crippen molar-refractivity contribution in [1.82, 2.24) is 36.8 Å². The molecule has 0 radical (unpaired) electrons. The third-order valence-corrected chi connectivity index (χ3v) is 9.00. The van der Waals surface area contributed by atoms with Crippen LogP contribution < -0.4 is 31.9 Å². The molecule has 7 amide bonds. The Morgan fingerprint density at radius 1 is 0.702 bits per heavy atom. The van der Waals surface area contributed by atoms with E-state index in [1.807, 2.05) is 0 Å². The first-order valence-electron chi connectivity index (χ1n) is 18.0. The molecule has 0 aromatic carbocycles. The number of rotatable bonds is 31. The predicted molar refractivity (Wildman–Crippen MR) is 214 cm³/mol. The minimum absolute atomic E-state index is 0.00159. The molecule has 0 spiro atoms. The van der Waals surface area contributed by atoms with Crippen LogP contribution in [0.15, 0.2) is 0 Å². The van der Waals surface area contributed by atoms with Crippen molar-refractivity contribution in [3.63, 3.8) is 0 Å². The van der Waals surface area contributed by atoms with E-state index >= 15 is 0 Å². The van der Waals surface area contributed by atoms with Crippen LogP contribution in [-0.2, 0) is 52.6 Å². The summed E-state index contributed by atoms with van der Waals surface area (Å²) < 4.78 is 11.1. The molecule has 1 unspecified atom stereocenters. The molecule has 0 fully saturated rings. The maximum Gasteiger partial charge on any atom is 0.326 e. The Balaban J connectivity index is 5.19. The van der Waals surface area contributed by atoms with E-state index in [1.54, 1.807) is 27.7 Å². The van der Waals surface area contributed by atoms with Gasteiger partial charge in [-0.05, 0) is 47.0 Å². The van der Waals surface area contributed by atoms with E-state index in [0.29, 0.717) is 0 Å². The second-order valence-corrected chi connectivity index (χ2v) is 15.2. The number of aliphatic carboxylic acids is 2. The molecular weight excluding hydrogens is 910 g/mol. The van der Waals surface area contributed by atoms with Crippen LogP contribution in [-0.4, -0.2) is 161 Å². The summed E-state index contributed by atoms with van der Waals surface area (Å²) >= 11 is 11.4. The number of hydrogen-bond acceptors (Lipinski definition) is 11. The van der Waals surface area contributed by atoms with Crippen LogP contribution in [0.4, 0.5) is 0 Å². The first-order chi connectivity index (χ1) is 26.6. The summed E-state index contributed by atoms with van der Waals surface area (Å²) in [4.78, 5) is 111. The van der Waals surface area contributed by atoms with E-state index in [9.17, 15) is 53.4 Å². The van der Waals surface area contributed by atoms with Gasteiger partial charge in [0.15, 0.2) is 0 Å². The van der Waals surface area contributed by atoms with Gasteiger partial charge in [-0.25, -0.2) is 4.79 Å². The SMILES string of the molecule is CC(C)(CCOC(C)(C)CC(=O)N[C@@H](CCC(=O)O)C(=O)N(CCNC(=O)CBr)CCNC(=O)CBr)NC(=O)CCC(NC(=O)COCCNC(=O)CCl)C(=O)O. The monoisotopic (exact) mass is 963 g/mol. The molecule has 0 aromatic rings. The number of nitrogens with one attached hydrogen (secondary N) is 6. The van der Waals surface area contributed by atoms with Gasteiger partial charge in [0.2, 0.25) is 41.4 Å². The van der Waals surface area contributed by atoms with Gasteiger partial charge >= 0.3 is 11.9 Å². The average Bonchev–Trinajstić information content (AvgIpc) is 3.12. The highest BCUT2D eigenvalue weighted by molar-refractivity contribution is 9.09. The molecule has 0 aliphatic heterocycles. The largest absolute Gasteiger partial charge is 0.481 e. The molecule has 0 aromatic heterocycles. The fourth-order valence-electron chi connectivity index (χ4n) is 4.84. The van der Waals surface area contributed by atoms with E-state index < -0.39 is 77.7 Å². The second kappa shape index (κ2) is 28.7. The molecule has 23 heteroatoms. The molecular formula is C34H56Br2ClN7O13. The van der Waals surface area contributed by atoms with Crippen LogP contribution in [0.25, 0.3) is 0 Å². The van der Waals surface area contributed by atoms with Gasteiger partial charge in [-0.2, -0.15) is 0 Å². The smallest absolute Gasteiger partial charge is 0.326 e. The standard InChI is InChI=1S/C34H56Br2ClN7O13/c1-33(2,43-24(45)7-5-23(32(54)55)42-29(50)21-56-16-12-40-28(49)20-37)9-15-57-34(3,4)17-25(46)41-22(6-8-30(51)52)31(53)44(13-10-38-26(47)18-35)14-11-39-27(48)19-36/h22-23H,5-21H2,1-4H3,(H,38,47)(H,39,48)(H,40,49)(H,41,46)(H,42,50)(H,43,45)(H,51,52)(H,54,55)/t22-,23?/m0/s1. The topological polar surface area (TPSA) is 288 Å². The van der Waals surface area contributed by atoms with Gasteiger partial charge in [0.1, 0.15) is 24.6 Å². The molecule has 0 bridgehead atoms. The van der Waals surface area contributed by atoms with Gasteiger partial charge in [-0.15, -0.1) is 11.6 Å². The van der Waals surface area contributed by atoms with Crippen molar-refractivity contribution in [3.05, 3.63) is 0 Å². The second-order valence-electron chi connectivity index (χ2n) is 13.8. The molecule has 20 nitrogen and oxygen atoms in total. The summed E-state index contributed by atoms with van der Waals surface area (Å²) in [5, 5.41) is 34.3. The van der Waals surface area contributed by atoms with Crippen molar-refractivity contribution >= 4 is 96.7 Å². The Bertz CT molecular complexity index is 1350. The first kappa shape index (κ1) is 53.4. The molecule has 2 atom stereocenters. The van der Waals surface area contributed by atoms with Gasteiger partial charge in [-0.3, -0.25) is 38.4 Å². The minimum atomic E-state index is -1.36. The lowest BCUT2D eigenvalue weighted by atomic mass is 9.99. The Morgan fingerprint density at radius 3 is 1.77 bits per heavy atom. The van der Waals surface area contributed by atoms with Crippen molar-refractivity contribution in [2.75, 3.05) is 69.1 Å². The summed E-state index contributed by atoms with van der Waals surface area (Å²) in [5.74, 6) is -6.19. The molecule has 0 saturated carbocycles. The Hall–Kier alpha value is -3.60. The summed E-state index contributed by atoms with van der Waals surface area (Å²) in [7, 11) is 0. The Kier molecular flexibility index (Phi) is 26.9. The van der Waals surface area contributed by atoms with E-state index in [2.05, 4.69) is 63.8 Å². The normalized spacial score (nSPS) is 12.3. The van der Waals surface area contributed by atoms with E-state index in [0.717, 1.165) is 0 Å². The predicted octanol–water partition coefficient (Wildman–Crippen LogP) is -0.622. The fourth-order valence-corrected chi connectivity index (χ4v) is 5.34. The van der Waals surface area contributed by atoms with Crippen LogP contribution >= 0.6 is 43.5 Å². The van der Waals surface area contributed by atoms with Gasteiger partial charge in [-0.1, -0.05) is 31.9 Å². The highest BCUT2D eigenvalue weighted by atomic mass is 79.9. The zero-order chi connectivity index (χ0) is 43.6. The molecule has 0 aliphatic rings. The van der Waals surface area contributed by atoms with Crippen LogP contribution in [0, 0.1) is 0 Å². The quantitative estimate of drug-likeness (QED) is 0.0318. The highest BCUT2D eigenvalue weighted by Gasteiger charge is 2.31. The van der Waals surface area contributed by atoms with Gasteiger partial charge < -0.3 is 56.5 Å². The number of alkyl halides is 3.